The second-order valence-electron chi connectivity index (χ2n) is 6.42. The van der Waals surface area contributed by atoms with Crippen LogP contribution in [0, 0.1) is 12.8 Å². The third-order valence-electron chi connectivity index (χ3n) is 5.01. The van der Waals surface area contributed by atoms with Crippen LogP contribution in [-0.4, -0.2) is 51.2 Å². The standard InChI is InChI=1S/C17H25NO4S/c1-3-21-10-8-15-9-11-22-17(15)12-18(13-17)23(19,20)16-7-5-4-6-14(16)2/h4-7,15H,3,8-13H2,1-2H3/t15-/m0/s1. The van der Waals surface area contributed by atoms with Crippen LogP contribution in [-0.2, 0) is 19.5 Å². The largest absolute Gasteiger partial charge is 0.382 e. The van der Waals surface area contributed by atoms with Gasteiger partial charge in [-0.1, -0.05) is 18.2 Å². The lowest BCUT2D eigenvalue weighted by atomic mass is 9.80. The molecule has 0 amide bonds. The van der Waals surface area contributed by atoms with E-state index in [0.29, 0.717) is 30.5 Å². The van der Waals surface area contributed by atoms with Crippen molar-refractivity contribution >= 4 is 10.0 Å². The maximum absolute atomic E-state index is 12.8. The van der Waals surface area contributed by atoms with E-state index < -0.39 is 10.0 Å². The summed E-state index contributed by atoms with van der Waals surface area (Å²) in [5.41, 5.74) is 0.487. The van der Waals surface area contributed by atoms with Gasteiger partial charge in [-0.25, -0.2) is 8.42 Å². The van der Waals surface area contributed by atoms with Crippen LogP contribution < -0.4 is 0 Å². The molecule has 1 aromatic rings. The number of hydrogen-bond donors (Lipinski definition) is 0. The Kier molecular flexibility index (Phi) is 4.78. The van der Waals surface area contributed by atoms with Gasteiger partial charge in [0.2, 0.25) is 10.0 Å². The Morgan fingerprint density at radius 3 is 2.78 bits per heavy atom. The molecular formula is C17H25NO4S. The van der Waals surface area contributed by atoms with Crippen LogP contribution in [0.5, 0.6) is 0 Å². The molecule has 23 heavy (non-hydrogen) atoms. The molecule has 128 valence electrons. The van der Waals surface area contributed by atoms with E-state index in [1.807, 2.05) is 26.0 Å². The summed E-state index contributed by atoms with van der Waals surface area (Å²) in [4.78, 5) is 0.402. The Labute approximate surface area is 138 Å². The summed E-state index contributed by atoms with van der Waals surface area (Å²) >= 11 is 0. The second-order valence-corrected chi connectivity index (χ2v) is 8.33. The minimum Gasteiger partial charge on any atom is -0.382 e. The summed E-state index contributed by atoms with van der Waals surface area (Å²) in [6.07, 6.45) is 1.93. The summed E-state index contributed by atoms with van der Waals surface area (Å²) in [6.45, 7) is 6.89. The highest BCUT2D eigenvalue weighted by molar-refractivity contribution is 7.89. The van der Waals surface area contributed by atoms with Crippen LogP contribution in [0.4, 0.5) is 0 Å². The first-order valence-corrected chi connectivity index (χ1v) is 9.71. The molecule has 0 aliphatic carbocycles. The molecule has 0 saturated carbocycles. The van der Waals surface area contributed by atoms with Crippen LogP contribution in [0.1, 0.15) is 25.3 Å². The summed E-state index contributed by atoms with van der Waals surface area (Å²) in [5, 5.41) is 0. The minimum absolute atomic E-state index is 0.299. The number of ether oxygens (including phenoxy) is 2. The number of benzene rings is 1. The highest BCUT2D eigenvalue weighted by Crippen LogP contribution is 2.43. The summed E-state index contributed by atoms with van der Waals surface area (Å²) < 4.78 is 38.5. The highest BCUT2D eigenvalue weighted by atomic mass is 32.2. The van der Waals surface area contributed by atoms with Gasteiger partial charge in [0.25, 0.3) is 0 Å². The molecule has 0 bridgehead atoms. The third-order valence-corrected chi connectivity index (χ3v) is 6.97. The van der Waals surface area contributed by atoms with Crippen molar-refractivity contribution in [1.82, 2.24) is 4.31 Å². The maximum atomic E-state index is 12.8. The smallest absolute Gasteiger partial charge is 0.243 e. The predicted molar refractivity (Wildman–Crippen MR) is 87.8 cm³/mol. The fourth-order valence-electron chi connectivity index (χ4n) is 3.62. The van der Waals surface area contributed by atoms with Crippen molar-refractivity contribution in [2.75, 3.05) is 32.9 Å². The Hall–Kier alpha value is -0.950. The monoisotopic (exact) mass is 339 g/mol. The van der Waals surface area contributed by atoms with Crippen molar-refractivity contribution < 1.29 is 17.9 Å². The number of hydrogen-bond acceptors (Lipinski definition) is 4. The molecule has 2 aliphatic rings. The molecule has 0 N–H and O–H groups in total. The minimum atomic E-state index is -3.42. The van der Waals surface area contributed by atoms with Gasteiger partial charge in [-0.05, 0) is 44.2 Å². The molecule has 0 radical (unpaired) electrons. The molecular weight excluding hydrogens is 314 g/mol. The van der Waals surface area contributed by atoms with Crippen molar-refractivity contribution in [2.24, 2.45) is 5.92 Å². The zero-order valence-electron chi connectivity index (χ0n) is 13.8. The molecule has 0 aromatic heterocycles. The molecule has 0 unspecified atom stereocenters. The lowest BCUT2D eigenvalue weighted by molar-refractivity contribution is -0.105. The predicted octanol–water partition coefficient (Wildman–Crippen LogP) is 2.20. The molecule has 1 atom stereocenters. The molecule has 6 heteroatoms. The zero-order chi connectivity index (χ0) is 16.5. The van der Waals surface area contributed by atoms with Gasteiger partial charge in [0, 0.05) is 32.9 Å². The summed E-state index contributed by atoms with van der Waals surface area (Å²) in [5.74, 6) is 0.386. The lowest BCUT2D eigenvalue weighted by Gasteiger charge is -2.49. The lowest BCUT2D eigenvalue weighted by Crippen LogP contribution is -2.66. The fourth-order valence-corrected chi connectivity index (χ4v) is 5.40. The van der Waals surface area contributed by atoms with E-state index >= 15 is 0 Å². The van der Waals surface area contributed by atoms with Crippen LogP contribution in [0.15, 0.2) is 29.2 Å². The Morgan fingerprint density at radius 2 is 2.09 bits per heavy atom. The van der Waals surface area contributed by atoms with E-state index in [4.69, 9.17) is 9.47 Å². The van der Waals surface area contributed by atoms with Gasteiger partial charge in [-0.15, -0.1) is 0 Å². The quantitative estimate of drug-likeness (QED) is 0.746. The molecule has 2 saturated heterocycles. The van der Waals surface area contributed by atoms with E-state index in [1.54, 1.807) is 16.4 Å². The first-order chi connectivity index (χ1) is 11.0. The van der Waals surface area contributed by atoms with Crippen LogP contribution in [0.25, 0.3) is 0 Å². The van der Waals surface area contributed by atoms with Gasteiger partial charge in [0.05, 0.1) is 10.5 Å². The molecule has 1 spiro atoms. The van der Waals surface area contributed by atoms with Crippen molar-refractivity contribution in [2.45, 2.75) is 37.2 Å². The number of rotatable bonds is 6. The van der Waals surface area contributed by atoms with Gasteiger partial charge in [-0.3, -0.25) is 0 Å². The van der Waals surface area contributed by atoms with Crippen molar-refractivity contribution in [3.63, 3.8) is 0 Å². The normalized spacial score (nSPS) is 24.0. The van der Waals surface area contributed by atoms with E-state index in [2.05, 4.69) is 0 Å². The average Bonchev–Trinajstić information content (AvgIpc) is 2.90. The zero-order valence-corrected chi connectivity index (χ0v) is 14.6. The fraction of sp³-hybridized carbons (Fsp3) is 0.647. The average molecular weight is 339 g/mol. The Bertz CT molecular complexity index is 652. The van der Waals surface area contributed by atoms with Crippen molar-refractivity contribution in [3.05, 3.63) is 29.8 Å². The SMILES string of the molecule is CCOCC[C@H]1CCOC12CN(S(=O)(=O)c1ccccc1C)C2. The van der Waals surface area contributed by atoms with Crippen molar-refractivity contribution in [1.29, 1.82) is 0 Å². The molecule has 2 aliphatic heterocycles. The summed E-state index contributed by atoms with van der Waals surface area (Å²) in [7, 11) is -3.42. The van der Waals surface area contributed by atoms with Crippen LogP contribution >= 0.6 is 0 Å². The summed E-state index contributed by atoms with van der Waals surface area (Å²) in [6, 6.07) is 7.14. The topological polar surface area (TPSA) is 55.8 Å². The van der Waals surface area contributed by atoms with Crippen molar-refractivity contribution in [3.8, 4) is 0 Å². The van der Waals surface area contributed by atoms with E-state index in [0.717, 1.165) is 31.6 Å². The number of nitrogens with zero attached hydrogens (tertiary/aromatic N) is 1. The van der Waals surface area contributed by atoms with E-state index in [-0.39, 0.29) is 5.60 Å². The second kappa shape index (κ2) is 6.51. The number of aryl methyl sites for hydroxylation is 1. The van der Waals surface area contributed by atoms with Crippen LogP contribution in [0.3, 0.4) is 0 Å². The van der Waals surface area contributed by atoms with E-state index in [9.17, 15) is 8.42 Å². The number of sulfonamides is 1. The molecule has 1 aromatic carbocycles. The van der Waals surface area contributed by atoms with Gasteiger partial charge < -0.3 is 9.47 Å². The van der Waals surface area contributed by atoms with Crippen LogP contribution in [0.2, 0.25) is 0 Å². The maximum Gasteiger partial charge on any atom is 0.243 e. The Balaban J connectivity index is 1.69. The molecule has 5 nitrogen and oxygen atoms in total. The Morgan fingerprint density at radius 1 is 1.35 bits per heavy atom. The first kappa shape index (κ1) is 16.9. The van der Waals surface area contributed by atoms with Gasteiger partial charge in [-0.2, -0.15) is 4.31 Å². The molecule has 2 heterocycles. The molecule has 3 rings (SSSR count). The highest BCUT2D eigenvalue weighted by Gasteiger charge is 2.56. The first-order valence-electron chi connectivity index (χ1n) is 8.27. The van der Waals surface area contributed by atoms with Gasteiger partial charge in [0.15, 0.2) is 0 Å². The van der Waals surface area contributed by atoms with Gasteiger partial charge in [0.1, 0.15) is 0 Å². The third kappa shape index (κ3) is 3.05. The van der Waals surface area contributed by atoms with E-state index in [1.165, 1.54) is 0 Å². The van der Waals surface area contributed by atoms with Gasteiger partial charge >= 0.3 is 0 Å². The molecule has 2 fully saturated rings.